The minimum Gasteiger partial charge on any atom is -0.376 e. The second-order valence-corrected chi connectivity index (χ2v) is 3.96. The van der Waals surface area contributed by atoms with Crippen LogP contribution in [0.4, 0.5) is 13.2 Å². The van der Waals surface area contributed by atoms with Crippen molar-refractivity contribution in [3.8, 4) is 0 Å². The number of aliphatic hydroxyl groups is 1. The normalized spacial score (nSPS) is 20.1. The first-order valence-corrected chi connectivity index (χ1v) is 5.06. The van der Waals surface area contributed by atoms with Gasteiger partial charge >= 0.3 is 0 Å². The van der Waals surface area contributed by atoms with Crippen LogP contribution in [0.15, 0.2) is 12.1 Å². The summed E-state index contributed by atoms with van der Waals surface area (Å²) in [5.74, 6) is -4.76. The van der Waals surface area contributed by atoms with Gasteiger partial charge in [0.2, 0.25) is 5.91 Å². The SMILES string of the molecule is O=C1CC(c2cc(F)c(F)c(F)c2)CN1CO. The molecule has 1 fully saturated rings. The molecule has 1 aromatic carbocycles. The molecule has 0 spiro atoms. The molecule has 1 unspecified atom stereocenters. The zero-order valence-electron chi connectivity index (χ0n) is 8.79. The lowest BCUT2D eigenvalue weighted by Crippen LogP contribution is -2.25. The van der Waals surface area contributed by atoms with Crippen molar-refractivity contribution in [2.75, 3.05) is 13.3 Å². The summed E-state index contributed by atoms with van der Waals surface area (Å²) in [5, 5.41) is 8.85. The van der Waals surface area contributed by atoms with Crippen LogP contribution in [-0.2, 0) is 4.79 Å². The zero-order valence-corrected chi connectivity index (χ0v) is 8.79. The van der Waals surface area contributed by atoms with Crippen molar-refractivity contribution in [2.24, 2.45) is 0 Å². The van der Waals surface area contributed by atoms with Crippen LogP contribution in [0.1, 0.15) is 17.9 Å². The molecule has 1 amide bonds. The molecule has 0 bridgehead atoms. The van der Waals surface area contributed by atoms with Crippen LogP contribution in [-0.4, -0.2) is 29.2 Å². The smallest absolute Gasteiger partial charge is 0.225 e. The number of halogens is 3. The van der Waals surface area contributed by atoms with E-state index in [-0.39, 0.29) is 24.4 Å². The van der Waals surface area contributed by atoms with Crippen LogP contribution in [0, 0.1) is 17.5 Å². The average Bonchev–Trinajstić information content (AvgIpc) is 2.66. The van der Waals surface area contributed by atoms with Crippen molar-refractivity contribution >= 4 is 5.91 Å². The van der Waals surface area contributed by atoms with Crippen molar-refractivity contribution in [1.29, 1.82) is 0 Å². The monoisotopic (exact) mass is 245 g/mol. The van der Waals surface area contributed by atoms with Gasteiger partial charge in [-0.15, -0.1) is 0 Å². The lowest BCUT2D eigenvalue weighted by Gasteiger charge is -2.13. The molecule has 6 heteroatoms. The summed E-state index contributed by atoms with van der Waals surface area (Å²) in [6.45, 7) is -0.249. The van der Waals surface area contributed by atoms with Crippen molar-refractivity contribution < 1.29 is 23.1 Å². The molecule has 1 heterocycles. The molecule has 1 aromatic rings. The highest BCUT2D eigenvalue weighted by Gasteiger charge is 2.31. The standard InChI is InChI=1S/C11H10F3NO2/c12-8-1-6(2-9(13)11(8)14)7-3-10(17)15(4-7)5-16/h1-2,7,16H,3-5H2. The van der Waals surface area contributed by atoms with Gasteiger partial charge in [-0.05, 0) is 17.7 Å². The van der Waals surface area contributed by atoms with E-state index >= 15 is 0 Å². The summed E-state index contributed by atoms with van der Waals surface area (Å²) < 4.78 is 38.8. The molecule has 1 aliphatic rings. The fourth-order valence-electron chi connectivity index (χ4n) is 1.94. The Labute approximate surface area is 95.5 Å². The number of carbonyl (C=O) groups excluding carboxylic acids is 1. The number of carbonyl (C=O) groups is 1. The molecule has 92 valence electrons. The number of amides is 1. The predicted octanol–water partition coefficient (Wildman–Crippen LogP) is 1.37. The van der Waals surface area contributed by atoms with E-state index in [1.54, 1.807) is 0 Å². The Morgan fingerprint density at radius 1 is 1.29 bits per heavy atom. The molecule has 0 aromatic heterocycles. The topological polar surface area (TPSA) is 40.5 Å². The average molecular weight is 245 g/mol. The van der Waals surface area contributed by atoms with Gasteiger partial charge in [-0.1, -0.05) is 0 Å². The van der Waals surface area contributed by atoms with Gasteiger partial charge in [-0.3, -0.25) is 4.79 Å². The summed E-state index contributed by atoms with van der Waals surface area (Å²) in [6, 6.07) is 1.77. The van der Waals surface area contributed by atoms with Gasteiger partial charge in [0.05, 0.1) is 0 Å². The van der Waals surface area contributed by atoms with E-state index in [2.05, 4.69) is 0 Å². The lowest BCUT2D eigenvalue weighted by molar-refractivity contribution is -0.130. The third-order valence-corrected chi connectivity index (χ3v) is 2.86. The quantitative estimate of drug-likeness (QED) is 0.799. The van der Waals surface area contributed by atoms with Crippen molar-refractivity contribution in [3.05, 3.63) is 35.1 Å². The van der Waals surface area contributed by atoms with Crippen LogP contribution >= 0.6 is 0 Å². The molecule has 3 nitrogen and oxygen atoms in total. The van der Waals surface area contributed by atoms with Gasteiger partial charge in [0.15, 0.2) is 17.5 Å². The molecule has 1 N–H and O–H groups in total. The molecule has 1 aliphatic heterocycles. The van der Waals surface area contributed by atoms with Crippen molar-refractivity contribution in [1.82, 2.24) is 4.90 Å². The second kappa shape index (κ2) is 4.37. The fraction of sp³-hybridized carbons (Fsp3) is 0.364. The summed E-state index contributed by atoms with van der Waals surface area (Å²) in [5.41, 5.74) is 0.228. The number of nitrogens with zero attached hydrogens (tertiary/aromatic N) is 1. The van der Waals surface area contributed by atoms with Gasteiger partial charge in [-0.25, -0.2) is 13.2 Å². The summed E-state index contributed by atoms with van der Waals surface area (Å²) in [7, 11) is 0. The maximum absolute atomic E-state index is 13.0. The maximum Gasteiger partial charge on any atom is 0.225 e. The van der Waals surface area contributed by atoms with Gasteiger partial charge in [0.1, 0.15) is 6.73 Å². The highest BCUT2D eigenvalue weighted by atomic mass is 19.2. The molecule has 1 saturated heterocycles. The summed E-state index contributed by atoms with van der Waals surface area (Å²) in [4.78, 5) is 12.5. The third-order valence-electron chi connectivity index (χ3n) is 2.86. The van der Waals surface area contributed by atoms with Crippen LogP contribution in [0.25, 0.3) is 0 Å². The van der Waals surface area contributed by atoms with E-state index in [9.17, 15) is 18.0 Å². The Balaban J connectivity index is 2.28. The molecular formula is C11H10F3NO2. The number of hydrogen-bond acceptors (Lipinski definition) is 2. The van der Waals surface area contributed by atoms with E-state index in [4.69, 9.17) is 5.11 Å². The van der Waals surface area contributed by atoms with E-state index in [0.29, 0.717) is 0 Å². The first-order valence-electron chi connectivity index (χ1n) is 5.06. The van der Waals surface area contributed by atoms with E-state index in [1.165, 1.54) is 4.90 Å². The van der Waals surface area contributed by atoms with E-state index in [1.807, 2.05) is 0 Å². The largest absolute Gasteiger partial charge is 0.376 e. The molecule has 0 radical (unpaired) electrons. The number of benzene rings is 1. The van der Waals surface area contributed by atoms with Crippen LogP contribution in [0.3, 0.4) is 0 Å². The second-order valence-electron chi connectivity index (χ2n) is 3.96. The van der Waals surface area contributed by atoms with Crippen LogP contribution < -0.4 is 0 Å². The minimum absolute atomic E-state index is 0.0606. The number of likely N-dealkylation sites (tertiary alicyclic amines) is 1. The minimum atomic E-state index is -1.52. The lowest BCUT2D eigenvalue weighted by atomic mass is 9.98. The fourth-order valence-corrected chi connectivity index (χ4v) is 1.94. The highest BCUT2D eigenvalue weighted by molar-refractivity contribution is 5.79. The molecule has 0 aliphatic carbocycles. The number of aliphatic hydroxyl groups excluding tert-OH is 1. The highest BCUT2D eigenvalue weighted by Crippen LogP contribution is 2.29. The first-order chi connectivity index (χ1) is 8.02. The van der Waals surface area contributed by atoms with Crippen molar-refractivity contribution in [3.63, 3.8) is 0 Å². The Kier molecular flexibility index (Phi) is 3.06. The molecule has 1 atom stereocenters. The summed E-state index contributed by atoms with van der Waals surface area (Å²) in [6.07, 6.45) is 0.0606. The van der Waals surface area contributed by atoms with Crippen molar-refractivity contribution in [2.45, 2.75) is 12.3 Å². The van der Waals surface area contributed by atoms with E-state index < -0.39 is 30.1 Å². The zero-order chi connectivity index (χ0) is 12.6. The summed E-state index contributed by atoms with van der Waals surface area (Å²) >= 11 is 0. The molecular weight excluding hydrogens is 235 g/mol. The number of hydrogen-bond donors (Lipinski definition) is 1. The molecule has 17 heavy (non-hydrogen) atoms. The Morgan fingerprint density at radius 3 is 2.35 bits per heavy atom. The van der Waals surface area contributed by atoms with E-state index in [0.717, 1.165) is 12.1 Å². The number of rotatable bonds is 2. The van der Waals surface area contributed by atoms with Gasteiger partial charge < -0.3 is 10.0 Å². The Morgan fingerprint density at radius 2 is 1.88 bits per heavy atom. The van der Waals surface area contributed by atoms with Crippen LogP contribution in [0.5, 0.6) is 0 Å². The van der Waals surface area contributed by atoms with Gasteiger partial charge in [-0.2, -0.15) is 0 Å². The Hall–Kier alpha value is -1.56. The van der Waals surface area contributed by atoms with Gasteiger partial charge in [0, 0.05) is 18.9 Å². The maximum atomic E-state index is 13.0. The predicted molar refractivity (Wildman–Crippen MR) is 52.5 cm³/mol. The van der Waals surface area contributed by atoms with Gasteiger partial charge in [0.25, 0.3) is 0 Å². The molecule has 0 saturated carbocycles. The molecule has 2 rings (SSSR count). The third kappa shape index (κ3) is 2.12. The van der Waals surface area contributed by atoms with Crippen LogP contribution in [0.2, 0.25) is 0 Å². The first kappa shape index (κ1) is 11.9. The Bertz CT molecular complexity index is 441.